The molecule has 0 radical (unpaired) electrons. The van der Waals surface area contributed by atoms with E-state index >= 15 is 0 Å². The summed E-state index contributed by atoms with van der Waals surface area (Å²) >= 11 is 1.44. The van der Waals surface area contributed by atoms with Crippen molar-refractivity contribution in [3.63, 3.8) is 0 Å². The van der Waals surface area contributed by atoms with E-state index in [1.54, 1.807) is 7.11 Å². The third kappa shape index (κ3) is 3.21. The van der Waals surface area contributed by atoms with Gasteiger partial charge in [0.25, 0.3) is 5.24 Å². The summed E-state index contributed by atoms with van der Waals surface area (Å²) in [6.45, 7) is 5.37. The Bertz CT molecular complexity index is 872. The fourth-order valence-corrected chi connectivity index (χ4v) is 5.78. The molecular weight excluding hydrogens is 358 g/mol. The average Bonchev–Trinajstić information content (AvgIpc) is 3.04. The Labute approximate surface area is 164 Å². The number of benzene rings is 1. The minimum Gasteiger partial charge on any atom is -0.497 e. The predicted molar refractivity (Wildman–Crippen MR) is 110 cm³/mol. The molecule has 4 rings (SSSR count). The molecule has 1 amide bonds. The number of thioether (sulfide) groups is 1. The minimum absolute atomic E-state index is 0.0983. The van der Waals surface area contributed by atoms with Gasteiger partial charge >= 0.3 is 0 Å². The summed E-state index contributed by atoms with van der Waals surface area (Å²) in [5, 5.41) is 1.34. The summed E-state index contributed by atoms with van der Waals surface area (Å²) in [5.74, 6) is 1.59. The number of nitrogens with zero attached hydrogens (tertiary/aromatic N) is 2. The molecule has 2 saturated heterocycles. The van der Waals surface area contributed by atoms with E-state index in [-0.39, 0.29) is 16.5 Å². The first kappa shape index (κ1) is 18.3. The number of aromatic nitrogens is 1. The molecule has 4 atom stereocenters. The molecule has 0 spiro atoms. The van der Waals surface area contributed by atoms with Crippen LogP contribution < -0.4 is 10.5 Å². The minimum atomic E-state index is 0.0983. The highest BCUT2D eigenvalue weighted by Gasteiger charge is 2.46. The molecule has 1 aromatic heterocycles. The highest BCUT2D eigenvalue weighted by molar-refractivity contribution is 8.14. The number of hydrogen-bond acceptors (Lipinski definition) is 5. The van der Waals surface area contributed by atoms with Crippen molar-refractivity contribution in [2.24, 2.45) is 17.6 Å². The van der Waals surface area contributed by atoms with E-state index in [2.05, 4.69) is 16.5 Å². The van der Waals surface area contributed by atoms with Crippen LogP contribution in [-0.4, -0.2) is 41.4 Å². The number of fused-ring (bicyclic) bond motifs is 2. The van der Waals surface area contributed by atoms with Gasteiger partial charge in [-0.3, -0.25) is 9.78 Å². The van der Waals surface area contributed by atoms with Gasteiger partial charge in [-0.15, -0.1) is 6.58 Å². The van der Waals surface area contributed by atoms with Gasteiger partial charge in [0, 0.05) is 24.2 Å². The third-order valence-corrected chi connectivity index (χ3v) is 7.22. The molecule has 6 heteroatoms. The molecular formula is C21H25N3O2S. The highest BCUT2D eigenvalue weighted by Crippen LogP contribution is 2.50. The summed E-state index contributed by atoms with van der Waals surface area (Å²) in [5.41, 5.74) is 8.04. The molecule has 5 nitrogen and oxygen atoms in total. The van der Waals surface area contributed by atoms with Crippen LogP contribution in [0.25, 0.3) is 10.9 Å². The van der Waals surface area contributed by atoms with Gasteiger partial charge in [0.05, 0.1) is 17.9 Å². The van der Waals surface area contributed by atoms with Crippen LogP contribution in [0.1, 0.15) is 23.7 Å². The zero-order chi connectivity index (χ0) is 19.0. The van der Waals surface area contributed by atoms with Crippen molar-refractivity contribution in [3.8, 4) is 5.75 Å². The first-order valence-corrected chi connectivity index (χ1v) is 10.3. The molecule has 0 saturated carbocycles. The fourth-order valence-electron chi connectivity index (χ4n) is 4.46. The maximum atomic E-state index is 12.7. The van der Waals surface area contributed by atoms with Crippen molar-refractivity contribution in [3.05, 3.63) is 48.7 Å². The van der Waals surface area contributed by atoms with Gasteiger partial charge in [0.15, 0.2) is 0 Å². The van der Waals surface area contributed by atoms with E-state index in [4.69, 9.17) is 10.5 Å². The number of amides is 1. The summed E-state index contributed by atoms with van der Waals surface area (Å²) in [6.07, 6.45) is 5.77. The van der Waals surface area contributed by atoms with E-state index in [1.165, 1.54) is 11.8 Å². The van der Waals surface area contributed by atoms with E-state index in [0.717, 1.165) is 41.6 Å². The molecule has 0 bridgehead atoms. The largest absolute Gasteiger partial charge is 0.497 e. The molecule has 2 N–H and O–H groups in total. The van der Waals surface area contributed by atoms with Crippen molar-refractivity contribution < 1.29 is 9.53 Å². The van der Waals surface area contributed by atoms with Gasteiger partial charge in [-0.1, -0.05) is 17.8 Å². The van der Waals surface area contributed by atoms with Crippen molar-refractivity contribution in [2.45, 2.75) is 24.1 Å². The fraction of sp³-hybridized carbons (Fsp3) is 0.429. The lowest BCUT2D eigenvalue weighted by Gasteiger charge is -2.39. The van der Waals surface area contributed by atoms with E-state index in [0.29, 0.717) is 18.4 Å². The first-order chi connectivity index (χ1) is 13.2. The maximum Gasteiger partial charge on any atom is 0.282 e. The number of pyridine rings is 1. The summed E-state index contributed by atoms with van der Waals surface area (Å²) in [6, 6.07) is 8.16. The molecule has 2 aromatic rings. The lowest BCUT2D eigenvalue weighted by atomic mass is 9.79. The second-order valence-electron chi connectivity index (χ2n) is 7.27. The highest BCUT2D eigenvalue weighted by atomic mass is 32.2. The van der Waals surface area contributed by atoms with E-state index in [9.17, 15) is 4.79 Å². The Morgan fingerprint density at radius 1 is 1.48 bits per heavy atom. The number of carbonyl (C=O) groups is 1. The van der Waals surface area contributed by atoms with Gasteiger partial charge < -0.3 is 15.4 Å². The van der Waals surface area contributed by atoms with Crippen LogP contribution in [0.5, 0.6) is 5.75 Å². The number of ether oxygens (including phenoxy) is 1. The van der Waals surface area contributed by atoms with Crippen molar-refractivity contribution in [1.29, 1.82) is 0 Å². The maximum absolute atomic E-state index is 12.7. The second-order valence-corrected chi connectivity index (χ2v) is 8.36. The van der Waals surface area contributed by atoms with Crippen LogP contribution in [-0.2, 0) is 0 Å². The number of piperidine rings is 1. The molecule has 1 aromatic carbocycles. The lowest BCUT2D eigenvalue weighted by Crippen LogP contribution is -2.44. The standard InChI is InChI=1S/C21H25N3O2S/c1-3-13(12-22)14-7-9-24-19(10-14)20(27-21(24)25)16-6-8-23-18-5-4-15(26-2)11-17(16)18/h3-6,8,11,13-14,19-20H,1,7,9-10,12,22H2,2H3/t13-,14-,19-,20-/m0/s1. The van der Waals surface area contributed by atoms with Crippen molar-refractivity contribution in [2.75, 3.05) is 20.2 Å². The van der Waals surface area contributed by atoms with Crippen LogP contribution in [0.15, 0.2) is 43.1 Å². The number of nitrogens with two attached hydrogens (primary N) is 1. The zero-order valence-corrected chi connectivity index (χ0v) is 16.3. The molecule has 2 aliphatic heterocycles. The van der Waals surface area contributed by atoms with Crippen LogP contribution >= 0.6 is 11.8 Å². The normalized spacial score (nSPS) is 26.1. The summed E-state index contributed by atoms with van der Waals surface area (Å²) in [7, 11) is 1.67. The van der Waals surface area contributed by atoms with Crippen LogP contribution in [0.4, 0.5) is 4.79 Å². The van der Waals surface area contributed by atoms with Crippen LogP contribution in [0.3, 0.4) is 0 Å². The Hall–Kier alpha value is -2.05. The second kappa shape index (κ2) is 7.52. The smallest absolute Gasteiger partial charge is 0.282 e. The Balaban J connectivity index is 1.72. The van der Waals surface area contributed by atoms with Gasteiger partial charge in [0.1, 0.15) is 5.75 Å². The zero-order valence-electron chi connectivity index (χ0n) is 15.5. The van der Waals surface area contributed by atoms with Gasteiger partial charge in [-0.25, -0.2) is 0 Å². The SMILES string of the molecule is C=C[C@@H](CN)[C@H]1CCN2C(=O)S[C@@H](c3ccnc4ccc(OC)cc34)[C@@H]2C1. The van der Waals surface area contributed by atoms with E-state index < -0.39 is 0 Å². The number of hydrogen-bond donors (Lipinski definition) is 1. The number of methoxy groups -OCH3 is 1. The monoisotopic (exact) mass is 383 g/mol. The van der Waals surface area contributed by atoms with Gasteiger partial charge in [-0.2, -0.15) is 0 Å². The topological polar surface area (TPSA) is 68.5 Å². The number of rotatable bonds is 5. The molecule has 2 aliphatic rings. The molecule has 0 aliphatic carbocycles. The Morgan fingerprint density at radius 3 is 3.07 bits per heavy atom. The molecule has 0 unspecified atom stereocenters. The number of carbonyl (C=O) groups excluding carboxylic acids is 1. The molecule has 27 heavy (non-hydrogen) atoms. The Kier molecular flexibility index (Phi) is 5.10. The van der Waals surface area contributed by atoms with Crippen LogP contribution in [0, 0.1) is 11.8 Å². The average molecular weight is 384 g/mol. The molecule has 142 valence electrons. The summed E-state index contributed by atoms with van der Waals surface area (Å²) < 4.78 is 5.41. The van der Waals surface area contributed by atoms with Crippen molar-refractivity contribution >= 4 is 27.9 Å². The molecule has 2 fully saturated rings. The first-order valence-electron chi connectivity index (χ1n) is 9.38. The van der Waals surface area contributed by atoms with Crippen molar-refractivity contribution in [1.82, 2.24) is 9.88 Å². The summed E-state index contributed by atoms with van der Waals surface area (Å²) in [4.78, 5) is 19.2. The third-order valence-electron chi connectivity index (χ3n) is 5.97. The quantitative estimate of drug-likeness (QED) is 0.791. The Morgan fingerprint density at radius 2 is 2.33 bits per heavy atom. The van der Waals surface area contributed by atoms with Gasteiger partial charge in [-0.05, 0) is 61.1 Å². The van der Waals surface area contributed by atoms with Gasteiger partial charge in [0.2, 0.25) is 0 Å². The van der Waals surface area contributed by atoms with Crippen LogP contribution in [0.2, 0.25) is 0 Å². The lowest BCUT2D eigenvalue weighted by molar-refractivity contribution is 0.136. The van der Waals surface area contributed by atoms with E-state index in [1.807, 2.05) is 36.5 Å². The predicted octanol–water partition coefficient (Wildman–Crippen LogP) is 3.99. The molecule has 3 heterocycles.